The third-order valence-electron chi connectivity index (χ3n) is 2.83. The van der Waals surface area contributed by atoms with Crippen LogP contribution in [0.1, 0.15) is 5.82 Å². The maximum atomic E-state index is 11.8. The molecular formula is C10H15N5O3. The third-order valence-corrected chi connectivity index (χ3v) is 2.83. The number of aromatic nitrogens is 2. The molecule has 1 aliphatic rings. The average molecular weight is 253 g/mol. The summed E-state index contributed by atoms with van der Waals surface area (Å²) in [5, 5.41) is 14.2. The molecule has 2 atom stereocenters. The predicted octanol–water partition coefficient (Wildman–Crippen LogP) is -2.12. The largest absolute Gasteiger partial charge is 0.480 e. The van der Waals surface area contributed by atoms with Crippen molar-refractivity contribution in [2.24, 2.45) is 5.73 Å². The number of carbonyl (C=O) groups excluding carboxylic acids is 1. The Balaban J connectivity index is 1.86. The standard InChI is InChI=1S/C10H15N5O3/c11-6(10(17)18)4-13-9(16)7-3-8-12-1-2-15(8)5-14-7/h1-2,6-7,14H,3-5,11H2,(H,13,16)(H,17,18)/t6-,7?/m0/s1. The zero-order valence-corrected chi connectivity index (χ0v) is 9.67. The zero-order valence-electron chi connectivity index (χ0n) is 9.67. The van der Waals surface area contributed by atoms with E-state index < -0.39 is 18.1 Å². The van der Waals surface area contributed by atoms with Gasteiger partial charge in [-0.25, -0.2) is 4.98 Å². The fraction of sp³-hybridized carbons (Fsp3) is 0.500. The summed E-state index contributed by atoms with van der Waals surface area (Å²) in [4.78, 5) is 26.4. The molecule has 1 amide bonds. The number of amides is 1. The van der Waals surface area contributed by atoms with Gasteiger partial charge in [-0.05, 0) is 0 Å². The van der Waals surface area contributed by atoms with E-state index in [-0.39, 0.29) is 12.5 Å². The molecule has 0 saturated carbocycles. The van der Waals surface area contributed by atoms with Crippen molar-refractivity contribution in [1.29, 1.82) is 0 Å². The van der Waals surface area contributed by atoms with Gasteiger partial charge in [0.15, 0.2) is 0 Å². The molecule has 1 unspecified atom stereocenters. The van der Waals surface area contributed by atoms with Gasteiger partial charge in [-0.1, -0.05) is 0 Å². The van der Waals surface area contributed by atoms with Gasteiger partial charge in [0.25, 0.3) is 0 Å². The fourth-order valence-corrected chi connectivity index (χ4v) is 1.74. The van der Waals surface area contributed by atoms with Crippen LogP contribution in [0.5, 0.6) is 0 Å². The molecule has 0 aromatic carbocycles. The van der Waals surface area contributed by atoms with Gasteiger partial charge < -0.3 is 20.7 Å². The van der Waals surface area contributed by atoms with Gasteiger partial charge >= 0.3 is 5.97 Å². The lowest BCUT2D eigenvalue weighted by Crippen LogP contribution is -2.52. The fourth-order valence-electron chi connectivity index (χ4n) is 1.74. The highest BCUT2D eigenvalue weighted by atomic mass is 16.4. The molecule has 8 nitrogen and oxygen atoms in total. The van der Waals surface area contributed by atoms with Crippen LogP contribution in [0.15, 0.2) is 12.4 Å². The number of nitrogens with two attached hydrogens (primary N) is 1. The van der Waals surface area contributed by atoms with Crippen molar-refractivity contribution in [3.05, 3.63) is 18.2 Å². The smallest absolute Gasteiger partial charge is 0.322 e. The van der Waals surface area contributed by atoms with Crippen molar-refractivity contribution in [1.82, 2.24) is 20.2 Å². The van der Waals surface area contributed by atoms with Crippen LogP contribution in [0.3, 0.4) is 0 Å². The number of nitrogens with zero attached hydrogens (tertiary/aromatic N) is 2. The second-order valence-electron chi connectivity index (χ2n) is 4.12. The number of fused-ring (bicyclic) bond motifs is 1. The van der Waals surface area contributed by atoms with E-state index >= 15 is 0 Å². The van der Waals surface area contributed by atoms with Crippen LogP contribution in [0.2, 0.25) is 0 Å². The van der Waals surface area contributed by atoms with Crippen LogP contribution in [0.4, 0.5) is 0 Å². The highest BCUT2D eigenvalue weighted by Crippen LogP contribution is 2.07. The molecule has 1 aliphatic heterocycles. The van der Waals surface area contributed by atoms with E-state index in [2.05, 4.69) is 15.6 Å². The Morgan fingerprint density at radius 1 is 1.72 bits per heavy atom. The van der Waals surface area contributed by atoms with Gasteiger partial charge in [-0.2, -0.15) is 0 Å². The first kappa shape index (κ1) is 12.5. The third kappa shape index (κ3) is 2.66. The SMILES string of the molecule is N[C@@H](CNC(=O)C1Cc2nccn2CN1)C(=O)O. The Bertz CT molecular complexity index is 458. The van der Waals surface area contributed by atoms with E-state index in [9.17, 15) is 9.59 Å². The van der Waals surface area contributed by atoms with Crippen LogP contribution in [-0.4, -0.2) is 45.2 Å². The first-order chi connectivity index (χ1) is 8.58. The summed E-state index contributed by atoms with van der Waals surface area (Å²) in [6, 6.07) is -1.49. The average Bonchev–Trinajstić information content (AvgIpc) is 2.82. The number of aliphatic carboxylic acids is 1. The molecule has 1 aromatic heterocycles. The van der Waals surface area contributed by atoms with E-state index in [1.54, 1.807) is 6.20 Å². The second-order valence-corrected chi connectivity index (χ2v) is 4.12. The Kier molecular flexibility index (Phi) is 3.58. The van der Waals surface area contributed by atoms with Gasteiger partial charge in [0.2, 0.25) is 5.91 Å². The molecule has 2 heterocycles. The lowest BCUT2D eigenvalue weighted by Gasteiger charge is -2.24. The molecule has 0 spiro atoms. The lowest BCUT2D eigenvalue weighted by atomic mass is 10.1. The molecular weight excluding hydrogens is 238 g/mol. The summed E-state index contributed by atoms with van der Waals surface area (Å²) >= 11 is 0. The molecule has 0 saturated heterocycles. The number of carboxylic acids is 1. The molecule has 0 radical (unpaired) electrons. The molecule has 18 heavy (non-hydrogen) atoms. The minimum absolute atomic E-state index is 0.0826. The quantitative estimate of drug-likeness (QED) is 0.487. The maximum Gasteiger partial charge on any atom is 0.322 e. The second kappa shape index (κ2) is 5.15. The Morgan fingerprint density at radius 3 is 3.22 bits per heavy atom. The van der Waals surface area contributed by atoms with Crippen LogP contribution in [0, 0.1) is 0 Å². The van der Waals surface area contributed by atoms with Crippen molar-refractivity contribution >= 4 is 11.9 Å². The molecule has 0 bridgehead atoms. The molecule has 0 fully saturated rings. The topological polar surface area (TPSA) is 122 Å². The molecule has 0 aliphatic carbocycles. The Morgan fingerprint density at radius 2 is 2.50 bits per heavy atom. The number of carbonyl (C=O) groups is 2. The van der Waals surface area contributed by atoms with Crippen molar-refractivity contribution in [2.45, 2.75) is 25.2 Å². The van der Waals surface area contributed by atoms with Crippen LogP contribution in [-0.2, 0) is 22.7 Å². The van der Waals surface area contributed by atoms with Crippen LogP contribution >= 0.6 is 0 Å². The lowest BCUT2D eigenvalue weighted by molar-refractivity contribution is -0.138. The molecule has 98 valence electrons. The predicted molar refractivity (Wildman–Crippen MR) is 61.5 cm³/mol. The van der Waals surface area contributed by atoms with Crippen LogP contribution < -0.4 is 16.4 Å². The number of hydrogen-bond donors (Lipinski definition) is 4. The van der Waals surface area contributed by atoms with E-state index in [1.165, 1.54) is 0 Å². The number of nitrogens with one attached hydrogen (secondary N) is 2. The first-order valence-electron chi connectivity index (χ1n) is 5.57. The Labute approximate surface area is 103 Å². The van der Waals surface area contributed by atoms with Gasteiger partial charge in [-0.15, -0.1) is 0 Å². The molecule has 2 rings (SSSR count). The minimum Gasteiger partial charge on any atom is -0.480 e. The van der Waals surface area contributed by atoms with E-state index in [0.717, 1.165) is 5.82 Å². The molecule has 5 N–H and O–H groups in total. The summed E-state index contributed by atoms with van der Waals surface area (Å²) < 4.78 is 1.91. The van der Waals surface area contributed by atoms with E-state index in [0.29, 0.717) is 13.1 Å². The van der Waals surface area contributed by atoms with Gasteiger partial charge in [0, 0.05) is 25.4 Å². The summed E-state index contributed by atoms with van der Waals surface area (Å²) in [6.07, 6.45) is 3.98. The number of rotatable bonds is 4. The van der Waals surface area contributed by atoms with Gasteiger partial charge in [-0.3, -0.25) is 14.9 Å². The molecule has 1 aromatic rings. The van der Waals surface area contributed by atoms with Gasteiger partial charge in [0.1, 0.15) is 11.9 Å². The van der Waals surface area contributed by atoms with Crippen molar-refractivity contribution < 1.29 is 14.7 Å². The summed E-state index contributed by atoms with van der Waals surface area (Å²) in [5.74, 6) is -0.570. The van der Waals surface area contributed by atoms with Crippen LogP contribution in [0.25, 0.3) is 0 Å². The van der Waals surface area contributed by atoms with Crippen molar-refractivity contribution in [3.63, 3.8) is 0 Å². The zero-order chi connectivity index (χ0) is 13.1. The van der Waals surface area contributed by atoms with Gasteiger partial charge in [0.05, 0.1) is 12.7 Å². The van der Waals surface area contributed by atoms with Crippen molar-refractivity contribution in [3.8, 4) is 0 Å². The van der Waals surface area contributed by atoms with E-state index in [4.69, 9.17) is 10.8 Å². The highest BCUT2D eigenvalue weighted by molar-refractivity contribution is 5.83. The highest BCUT2D eigenvalue weighted by Gasteiger charge is 2.25. The normalized spacial score (nSPS) is 19.9. The number of carboxylic acid groups (broad SMARTS) is 1. The Hall–Kier alpha value is -1.93. The minimum atomic E-state index is -1.14. The first-order valence-corrected chi connectivity index (χ1v) is 5.57. The summed E-state index contributed by atoms with van der Waals surface area (Å²) in [5.41, 5.74) is 5.30. The number of imidazole rings is 1. The van der Waals surface area contributed by atoms with Crippen molar-refractivity contribution in [2.75, 3.05) is 6.54 Å². The maximum absolute atomic E-state index is 11.8. The summed E-state index contributed by atoms with van der Waals surface area (Å²) in [7, 11) is 0. The summed E-state index contributed by atoms with van der Waals surface area (Å²) in [6.45, 7) is 0.430. The number of hydrogen-bond acceptors (Lipinski definition) is 5. The molecule has 8 heteroatoms. The monoisotopic (exact) mass is 253 g/mol. The van der Waals surface area contributed by atoms with E-state index in [1.807, 2.05) is 10.8 Å².